The maximum absolute atomic E-state index is 11.5. The fraction of sp³-hybridized carbons (Fsp3) is 0.500. The summed E-state index contributed by atoms with van der Waals surface area (Å²) < 4.78 is 0. The highest BCUT2D eigenvalue weighted by Gasteiger charge is 2.23. The van der Waals surface area contributed by atoms with Crippen LogP contribution in [-0.4, -0.2) is 29.4 Å². The lowest BCUT2D eigenvalue weighted by Crippen LogP contribution is -2.25. The minimum absolute atomic E-state index is 0.173. The van der Waals surface area contributed by atoms with Crippen molar-refractivity contribution in [3.05, 3.63) is 35.9 Å². The van der Waals surface area contributed by atoms with Gasteiger partial charge in [0.15, 0.2) is 5.17 Å². The maximum Gasteiger partial charge on any atom is 0.220 e. The molecule has 2 aliphatic rings. The average Bonchev–Trinajstić information content (AvgIpc) is 3.19. The number of amidine groups is 1. The second kappa shape index (κ2) is 6.98. The van der Waals surface area contributed by atoms with Crippen LogP contribution in [0.15, 0.2) is 35.3 Å². The number of carbonyl (C=O) groups excluding carboxylic acids is 1. The van der Waals surface area contributed by atoms with Crippen LogP contribution in [-0.2, 0) is 4.79 Å². The Bertz CT molecular complexity index is 514. The quantitative estimate of drug-likeness (QED) is 0.794. The molecule has 1 atom stereocenters. The first-order valence-corrected chi connectivity index (χ1v) is 8.58. The zero-order valence-electron chi connectivity index (χ0n) is 12.0. The highest BCUT2D eigenvalue weighted by molar-refractivity contribution is 8.14. The van der Waals surface area contributed by atoms with Gasteiger partial charge in [-0.05, 0) is 24.8 Å². The fourth-order valence-electron chi connectivity index (χ4n) is 2.30. The van der Waals surface area contributed by atoms with Crippen LogP contribution < -0.4 is 10.6 Å². The molecule has 1 aromatic carbocycles. The summed E-state index contributed by atoms with van der Waals surface area (Å²) in [5.74, 6) is 1.19. The van der Waals surface area contributed by atoms with E-state index >= 15 is 0 Å². The summed E-state index contributed by atoms with van der Waals surface area (Å²) in [5, 5.41) is 7.46. The second-order valence-electron chi connectivity index (χ2n) is 5.55. The van der Waals surface area contributed by atoms with Crippen molar-refractivity contribution in [2.75, 3.05) is 12.3 Å². The first kappa shape index (κ1) is 14.4. The summed E-state index contributed by atoms with van der Waals surface area (Å²) in [4.78, 5) is 16.1. The van der Waals surface area contributed by atoms with E-state index in [2.05, 4.69) is 39.9 Å². The van der Waals surface area contributed by atoms with E-state index in [1.54, 1.807) is 11.8 Å². The van der Waals surface area contributed by atoms with E-state index in [0.717, 1.165) is 36.7 Å². The molecule has 1 heterocycles. The Hall–Kier alpha value is -1.49. The minimum Gasteiger partial charge on any atom is -0.357 e. The van der Waals surface area contributed by atoms with Crippen LogP contribution in [0.2, 0.25) is 0 Å². The predicted octanol–water partition coefficient (Wildman–Crippen LogP) is 2.48. The van der Waals surface area contributed by atoms with Crippen LogP contribution in [0.1, 0.15) is 37.3 Å². The van der Waals surface area contributed by atoms with Gasteiger partial charge in [0.2, 0.25) is 5.91 Å². The maximum atomic E-state index is 11.5. The molecule has 1 amide bonds. The molecular formula is C16H21N3OS. The van der Waals surface area contributed by atoms with E-state index in [1.807, 2.05) is 6.07 Å². The highest BCUT2D eigenvalue weighted by Crippen LogP contribution is 2.25. The standard InChI is InChI=1S/C16H21N3OS/c20-15(18-13-8-9-13)7-4-10-17-16-19-14(11-21-16)12-5-2-1-3-6-12/h1-3,5-6,13-14H,4,7-11H2,(H,17,19)(H,18,20). The molecule has 1 aliphatic heterocycles. The van der Waals surface area contributed by atoms with Crippen molar-refractivity contribution in [2.24, 2.45) is 4.99 Å². The van der Waals surface area contributed by atoms with Crippen LogP contribution in [0.4, 0.5) is 0 Å². The normalized spacial score (nSPS) is 23.0. The van der Waals surface area contributed by atoms with E-state index in [1.165, 1.54) is 5.56 Å². The van der Waals surface area contributed by atoms with Gasteiger partial charge in [-0.2, -0.15) is 0 Å². The minimum atomic E-state index is 0.173. The zero-order valence-corrected chi connectivity index (χ0v) is 12.9. The first-order valence-electron chi connectivity index (χ1n) is 7.59. The lowest BCUT2D eigenvalue weighted by atomic mass is 10.1. The van der Waals surface area contributed by atoms with Gasteiger partial charge in [0.1, 0.15) is 0 Å². The molecule has 1 unspecified atom stereocenters. The summed E-state index contributed by atoms with van der Waals surface area (Å²) in [6.45, 7) is 0.717. The number of nitrogens with one attached hydrogen (secondary N) is 2. The van der Waals surface area contributed by atoms with Gasteiger partial charge >= 0.3 is 0 Å². The molecule has 5 heteroatoms. The van der Waals surface area contributed by atoms with Crippen molar-refractivity contribution >= 4 is 22.8 Å². The van der Waals surface area contributed by atoms with E-state index in [9.17, 15) is 4.79 Å². The smallest absolute Gasteiger partial charge is 0.220 e. The molecule has 21 heavy (non-hydrogen) atoms. The molecule has 0 radical (unpaired) electrons. The number of aliphatic imine (C=N–C) groups is 1. The van der Waals surface area contributed by atoms with Gasteiger partial charge in [0, 0.05) is 24.8 Å². The Morgan fingerprint density at radius 3 is 2.90 bits per heavy atom. The number of hydrogen-bond acceptors (Lipinski definition) is 3. The van der Waals surface area contributed by atoms with Gasteiger partial charge in [0.05, 0.1) is 6.04 Å². The van der Waals surface area contributed by atoms with Gasteiger partial charge in [-0.15, -0.1) is 0 Å². The molecule has 1 aliphatic carbocycles. The predicted molar refractivity (Wildman–Crippen MR) is 87.5 cm³/mol. The summed E-state index contributed by atoms with van der Waals surface area (Å²) in [7, 11) is 0. The number of amides is 1. The van der Waals surface area contributed by atoms with Crippen molar-refractivity contribution in [2.45, 2.75) is 37.8 Å². The van der Waals surface area contributed by atoms with Crippen LogP contribution in [0.5, 0.6) is 0 Å². The number of hydrogen-bond donors (Lipinski definition) is 2. The Balaban J connectivity index is 1.38. The zero-order chi connectivity index (χ0) is 14.5. The highest BCUT2D eigenvalue weighted by atomic mass is 32.2. The van der Waals surface area contributed by atoms with Crippen LogP contribution >= 0.6 is 11.8 Å². The molecule has 0 spiro atoms. The number of nitrogens with zero attached hydrogens (tertiary/aromatic N) is 1. The molecule has 1 saturated heterocycles. The number of thioether (sulfide) groups is 1. The molecule has 1 saturated carbocycles. The Kier molecular flexibility index (Phi) is 4.80. The van der Waals surface area contributed by atoms with Crippen molar-refractivity contribution in [1.29, 1.82) is 0 Å². The van der Waals surface area contributed by atoms with E-state index in [0.29, 0.717) is 18.5 Å². The van der Waals surface area contributed by atoms with Gasteiger partial charge in [-0.25, -0.2) is 0 Å². The van der Waals surface area contributed by atoms with E-state index in [-0.39, 0.29) is 5.91 Å². The third kappa shape index (κ3) is 4.49. The SMILES string of the molecule is O=C(CCCN=C1NC(c2ccccc2)CS1)NC1CC1. The first-order chi connectivity index (χ1) is 10.3. The molecule has 2 N–H and O–H groups in total. The second-order valence-corrected chi connectivity index (χ2v) is 6.56. The largest absolute Gasteiger partial charge is 0.357 e. The molecular weight excluding hydrogens is 282 g/mol. The van der Waals surface area contributed by atoms with Gasteiger partial charge in [-0.3, -0.25) is 9.79 Å². The third-order valence-corrected chi connectivity index (χ3v) is 4.67. The fourth-order valence-corrected chi connectivity index (χ4v) is 3.31. The molecule has 0 bridgehead atoms. The van der Waals surface area contributed by atoms with Gasteiger partial charge < -0.3 is 10.6 Å². The number of carbonyl (C=O) groups is 1. The lowest BCUT2D eigenvalue weighted by Gasteiger charge is -2.09. The summed E-state index contributed by atoms with van der Waals surface area (Å²) in [6.07, 6.45) is 3.70. The Morgan fingerprint density at radius 1 is 1.33 bits per heavy atom. The van der Waals surface area contributed by atoms with E-state index in [4.69, 9.17) is 0 Å². The van der Waals surface area contributed by atoms with Gasteiger partial charge in [-0.1, -0.05) is 42.1 Å². The van der Waals surface area contributed by atoms with Crippen molar-refractivity contribution in [3.63, 3.8) is 0 Å². The van der Waals surface area contributed by atoms with E-state index < -0.39 is 0 Å². The summed E-state index contributed by atoms with van der Waals surface area (Å²) in [5.41, 5.74) is 1.30. The van der Waals surface area contributed by atoms with Crippen LogP contribution in [0, 0.1) is 0 Å². The van der Waals surface area contributed by atoms with Crippen molar-refractivity contribution < 1.29 is 4.79 Å². The summed E-state index contributed by atoms with van der Waals surface area (Å²) in [6, 6.07) is 11.3. The molecule has 3 rings (SSSR count). The average molecular weight is 303 g/mol. The molecule has 2 fully saturated rings. The lowest BCUT2D eigenvalue weighted by molar-refractivity contribution is -0.121. The topological polar surface area (TPSA) is 53.5 Å². The monoisotopic (exact) mass is 303 g/mol. The molecule has 4 nitrogen and oxygen atoms in total. The molecule has 0 aromatic heterocycles. The Morgan fingerprint density at radius 2 is 2.14 bits per heavy atom. The number of rotatable bonds is 6. The number of benzene rings is 1. The van der Waals surface area contributed by atoms with Crippen molar-refractivity contribution in [1.82, 2.24) is 10.6 Å². The summed E-state index contributed by atoms with van der Waals surface area (Å²) >= 11 is 1.76. The molecule has 1 aromatic rings. The van der Waals surface area contributed by atoms with Crippen LogP contribution in [0.25, 0.3) is 0 Å². The molecule has 112 valence electrons. The van der Waals surface area contributed by atoms with Crippen molar-refractivity contribution in [3.8, 4) is 0 Å². The third-order valence-electron chi connectivity index (χ3n) is 3.65. The Labute approximate surface area is 129 Å². The van der Waals surface area contributed by atoms with Gasteiger partial charge in [0.25, 0.3) is 0 Å². The van der Waals surface area contributed by atoms with Crippen LogP contribution in [0.3, 0.4) is 0 Å².